The molecule has 0 aliphatic carbocycles. The van der Waals surface area contributed by atoms with Gasteiger partial charge < -0.3 is 15.0 Å². The molecule has 242 valence electrons. The Morgan fingerprint density at radius 1 is 0.891 bits per heavy atom. The molecule has 4 aromatic rings. The molecule has 0 aliphatic rings. The molecule has 8 nitrogen and oxygen atoms in total. The maximum absolute atomic E-state index is 14.6. The number of hydrogen-bond donors (Lipinski definition) is 1. The lowest BCUT2D eigenvalue weighted by Gasteiger charge is -2.34. The first-order valence-electron chi connectivity index (χ1n) is 15.1. The first kappa shape index (κ1) is 34.5. The summed E-state index contributed by atoms with van der Waals surface area (Å²) >= 11 is 6.56. The van der Waals surface area contributed by atoms with Crippen LogP contribution in [0.2, 0.25) is 5.02 Å². The Balaban J connectivity index is 1.85. The van der Waals surface area contributed by atoms with Gasteiger partial charge in [-0.15, -0.1) is 0 Å². The van der Waals surface area contributed by atoms with Crippen molar-refractivity contribution in [2.75, 3.05) is 24.5 Å². The number of anilines is 1. The zero-order valence-corrected chi connectivity index (χ0v) is 28.1. The summed E-state index contributed by atoms with van der Waals surface area (Å²) < 4.78 is 35.3. The predicted molar refractivity (Wildman–Crippen MR) is 183 cm³/mol. The van der Waals surface area contributed by atoms with Crippen LogP contribution in [-0.2, 0) is 32.6 Å². The highest BCUT2D eigenvalue weighted by Gasteiger charge is 2.35. The zero-order chi connectivity index (χ0) is 33.3. The average molecular weight is 662 g/mol. The molecule has 2 amide bonds. The number of halogens is 1. The van der Waals surface area contributed by atoms with Crippen molar-refractivity contribution in [2.45, 2.75) is 51.1 Å². The SMILES string of the molecule is CCCNC(=O)C(Cc1ccccc1)N(Cc1ccccc1Cl)C(=O)CN(c1cc(C)ccc1OC)S(=O)(=O)c1ccc(C)cc1. The lowest BCUT2D eigenvalue weighted by molar-refractivity contribution is -0.140. The highest BCUT2D eigenvalue weighted by atomic mass is 35.5. The Kier molecular flexibility index (Phi) is 11.8. The van der Waals surface area contributed by atoms with E-state index in [2.05, 4.69) is 5.32 Å². The van der Waals surface area contributed by atoms with Crippen molar-refractivity contribution in [3.05, 3.63) is 124 Å². The molecule has 4 rings (SSSR count). The van der Waals surface area contributed by atoms with E-state index in [9.17, 15) is 18.0 Å². The van der Waals surface area contributed by atoms with Crippen molar-refractivity contribution in [2.24, 2.45) is 0 Å². The second-order valence-corrected chi connectivity index (χ2v) is 13.4. The molecule has 46 heavy (non-hydrogen) atoms. The van der Waals surface area contributed by atoms with Crippen LogP contribution >= 0.6 is 11.6 Å². The second-order valence-electron chi connectivity index (χ2n) is 11.1. The van der Waals surface area contributed by atoms with E-state index in [0.717, 1.165) is 21.0 Å². The van der Waals surface area contributed by atoms with Gasteiger partial charge >= 0.3 is 0 Å². The number of rotatable bonds is 14. The van der Waals surface area contributed by atoms with Gasteiger partial charge in [-0.25, -0.2) is 8.42 Å². The van der Waals surface area contributed by atoms with Crippen LogP contribution in [0.15, 0.2) is 102 Å². The van der Waals surface area contributed by atoms with Gasteiger partial charge in [0.1, 0.15) is 18.3 Å². The molecule has 0 saturated heterocycles. The van der Waals surface area contributed by atoms with Crippen molar-refractivity contribution in [1.82, 2.24) is 10.2 Å². The number of benzene rings is 4. The molecule has 0 bridgehead atoms. The van der Waals surface area contributed by atoms with Gasteiger partial charge in [0, 0.05) is 24.5 Å². The van der Waals surface area contributed by atoms with Gasteiger partial charge in [-0.05, 0) is 67.3 Å². The highest BCUT2D eigenvalue weighted by molar-refractivity contribution is 7.92. The number of amides is 2. The smallest absolute Gasteiger partial charge is 0.264 e. The zero-order valence-electron chi connectivity index (χ0n) is 26.6. The van der Waals surface area contributed by atoms with E-state index in [1.165, 1.54) is 24.1 Å². The number of nitrogens with zero attached hydrogens (tertiary/aromatic N) is 2. The maximum Gasteiger partial charge on any atom is 0.264 e. The number of carbonyl (C=O) groups excluding carboxylic acids is 2. The Labute approximate surface area is 277 Å². The number of hydrogen-bond acceptors (Lipinski definition) is 5. The molecule has 0 aromatic heterocycles. The summed E-state index contributed by atoms with van der Waals surface area (Å²) in [4.78, 5) is 29.9. The topological polar surface area (TPSA) is 96.0 Å². The predicted octanol–water partition coefficient (Wildman–Crippen LogP) is 6.33. The van der Waals surface area contributed by atoms with E-state index < -0.39 is 28.5 Å². The molecule has 0 heterocycles. The van der Waals surface area contributed by atoms with Crippen LogP contribution in [0.3, 0.4) is 0 Å². The minimum Gasteiger partial charge on any atom is -0.495 e. The summed E-state index contributed by atoms with van der Waals surface area (Å²) in [5.74, 6) is -0.632. The minimum absolute atomic E-state index is 0.0150. The van der Waals surface area contributed by atoms with Crippen LogP contribution in [0.5, 0.6) is 5.75 Å². The molecule has 0 radical (unpaired) electrons. The van der Waals surface area contributed by atoms with E-state index in [-0.39, 0.29) is 35.2 Å². The molecule has 1 N–H and O–H groups in total. The number of ether oxygens (including phenoxy) is 1. The molecule has 1 unspecified atom stereocenters. The average Bonchev–Trinajstić information content (AvgIpc) is 3.05. The first-order valence-corrected chi connectivity index (χ1v) is 17.0. The van der Waals surface area contributed by atoms with Crippen molar-refractivity contribution < 1.29 is 22.7 Å². The van der Waals surface area contributed by atoms with Crippen molar-refractivity contribution in [3.8, 4) is 5.75 Å². The van der Waals surface area contributed by atoms with Crippen molar-refractivity contribution in [1.29, 1.82) is 0 Å². The summed E-state index contributed by atoms with van der Waals surface area (Å²) in [6, 6.07) is 27.1. The minimum atomic E-state index is -4.27. The van der Waals surface area contributed by atoms with Crippen LogP contribution in [0.1, 0.15) is 35.6 Å². The lowest BCUT2D eigenvalue weighted by Crippen LogP contribution is -2.53. The quantitative estimate of drug-likeness (QED) is 0.171. The molecule has 1 atom stereocenters. The highest BCUT2D eigenvalue weighted by Crippen LogP contribution is 2.34. The van der Waals surface area contributed by atoms with Gasteiger partial charge in [-0.1, -0.05) is 90.8 Å². The fraction of sp³-hybridized carbons (Fsp3) is 0.278. The molecule has 0 aliphatic heterocycles. The van der Waals surface area contributed by atoms with Gasteiger partial charge in [0.2, 0.25) is 11.8 Å². The van der Waals surface area contributed by atoms with E-state index >= 15 is 0 Å². The Hall–Kier alpha value is -4.34. The largest absolute Gasteiger partial charge is 0.495 e. The van der Waals surface area contributed by atoms with Gasteiger partial charge in [0.05, 0.1) is 17.7 Å². The van der Waals surface area contributed by atoms with Gasteiger partial charge in [-0.3, -0.25) is 13.9 Å². The molecular weight excluding hydrogens is 622 g/mol. The number of aryl methyl sites for hydroxylation is 2. The molecular formula is C36H40ClN3O5S. The van der Waals surface area contributed by atoms with E-state index in [1.807, 2.05) is 51.1 Å². The molecule has 10 heteroatoms. The summed E-state index contributed by atoms with van der Waals surface area (Å²) in [7, 11) is -2.82. The van der Waals surface area contributed by atoms with Crippen molar-refractivity contribution >= 4 is 39.1 Å². The summed E-state index contributed by atoms with van der Waals surface area (Å²) in [5.41, 5.74) is 3.35. The van der Waals surface area contributed by atoms with Gasteiger partial charge in [0.25, 0.3) is 10.0 Å². The molecule has 0 fully saturated rings. The summed E-state index contributed by atoms with van der Waals surface area (Å²) in [6.07, 6.45) is 0.920. The van der Waals surface area contributed by atoms with Crippen LogP contribution < -0.4 is 14.4 Å². The normalized spacial score (nSPS) is 11.8. The third-order valence-corrected chi connectivity index (χ3v) is 9.75. The van der Waals surface area contributed by atoms with Crippen LogP contribution in [-0.4, -0.2) is 51.4 Å². The second kappa shape index (κ2) is 15.8. The van der Waals surface area contributed by atoms with E-state index in [0.29, 0.717) is 23.6 Å². The van der Waals surface area contributed by atoms with Gasteiger partial charge in [-0.2, -0.15) is 0 Å². The third-order valence-electron chi connectivity index (χ3n) is 7.61. The fourth-order valence-corrected chi connectivity index (χ4v) is 6.69. The third kappa shape index (κ3) is 8.47. The number of sulfonamides is 1. The van der Waals surface area contributed by atoms with Crippen LogP contribution in [0.25, 0.3) is 0 Å². The monoisotopic (exact) mass is 661 g/mol. The van der Waals surface area contributed by atoms with Crippen molar-refractivity contribution in [3.63, 3.8) is 0 Å². The fourth-order valence-electron chi connectivity index (χ4n) is 5.08. The molecule has 4 aromatic carbocycles. The summed E-state index contributed by atoms with van der Waals surface area (Å²) in [5, 5.41) is 3.37. The molecule has 0 spiro atoms. The van der Waals surface area contributed by atoms with Crippen LogP contribution in [0.4, 0.5) is 5.69 Å². The van der Waals surface area contributed by atoms with E-state index in [1.54, 1.807) is 54.6 Å². The number of methoxy groups -OCH3 is 1. The summed E-state index contributed by atoms with van der Waals surface area (Å²) in [6.45, 7) is 5.46. The molecule has 0 saturated carbocycles. The number of carbonyl (C=O) groups is 2. The lowest BCUT2D eigenvalue weighted by atomic mass is 10.0. The van der Waals surface area contributed by atoms with Crippen LogP contribution in [0, 0.1) is 13.8 Å². The number of nitrogens with one attached hydrogen (secondary N) is 1. The standard InChI is InChI=1S/C36H40ClN3O5S/c1-5-21-38-36(42)33(23-28-11-7-6-8-12-28)39(24-29-13-9-10-14-31(29)37)35(41)25-40(32-22-27(3)17-20-34(32)45-4)46(43,44)30-18-15-26(2)16-19-30/h6-20,22,33H,5,21,23-25H2,1-4H3,(H,38,42). The van der Waals surface area contributed by atoms with E-state index in [4.69, 9.17) is 16.3 Å². The Morgan fingerprint density at radius 3 is 2.20 bits per heavy atom. The van der Waals surface area contributed by atoms with Gasteiger partial charge in [0.15, 0.2) is 0 Å². The first-order chi connectivity index (χ1) is 22.0. The maximum atomic E-state index is 14.6. The Bertz CT molecular complexity index is 1750. The Morgan fingerprint density at radius 2 is 1.54 bits per heavy atom.